The second-order valence-electron chi connectivity index (χ2n) is 4.94. The van der Waals surface area contributed by atoms with Crippen LogP contribution in [0.25, 0.3) is 0 Å². The first-order chi connectivity index (χ1) is 6.68. The Bertz CT molecular complexity index is 150. The molecule has 1 aliphatic heterocycles. The molecule has 0 aromatic carbocycles. The van der Waals surface area contributed by atoms with Crippen LogP contribution in [0.3, 0.4) is 0 Å². The summed E-state index contributed by atoms with van der Waals surface area (Å²) in [4.78, 5) is 0. The molecule has 1 N–H and O–H groups in total. The highest BCUT2D eigenvalue weighted by molar-refractivity contribution is 4.85. The Morgan fingerprint density at radius 1 is 1.43 bits per heavy atom. The number of rotatable bonds is 6. The van der Waals surface area contributed by atoms with Crippen molar-refractivity contribution in [2.24, 2.45) is 5.41 Å². The molecule has 1 fully saturated rings. The van der Waals surface area contributed by atoms with Gasteiger partial charge in [0.25, 0.3) is 0 Å². The van der Waals surface area contributed by atoms with Gasteiger partial charge in [-0.1, -0.05) is 33.6 Å². The van der Waals surface area contributed by atoms with E-state index in [1.165, 1.54) is 25.7 Å². The highest BCUT2D eigenvalue weighted by Gasteiger charge is 2.33. The van der Waals surface area contributed by atoms with Crippen LogP contribution in [0.5, 0.6) is 0 Å². The van der Waals surface area contributed by atoms with Gasteiger partial charge in [-0.2, -0.15) is 0 Å². The predicted octanol–water partition coefficient (Wildman–Crippen LogP) is 2.58. The van der Waals surface area contributed by atoms with E-state index in [0.29, 0.717) is 11.5 Å². The third-order valence-corrected chi connectivity index (χ3v) is 3.13. The standard InChI is InChI=1S/C12H25NO/c1-4-5-6-12(7-8-14-10-12)9-13-11(2)3/h11,13H,4-10H2,1-3H3. The van der Waals surface area contributed by atoms with Crippen molar-refractivity contribution in [3.8, 4) is 0 Å². The van der Waals surface area contributed by atoms with E-state index in [9.17, 15) is 0 Å². The van der Waals surface area contributed by atoms with Crippen LogP contribution >= 0.6 is 0 Å². The molecule has 1 saturated heterocycles. The topological polar surface area (TPSA) is 21.3 Å². The molecule has 0 spiro atoms. The maximum Gasteiger partial charge on any atom is 0.0535 e. The van der Waals surface area contributed by atoms with Gasteiger partial charge in [-0.25, -0.2) is 0 Å². The normalized spacial score (nSPS) is 27.4. The fourth-order valence-corrected chi connectivity index (χ4v) is 2.05. The van der Waals surface area contributed by atoms with E-state index in [1.54, 1.807) is 0 Å². The molecule has 14 heavy (non-hydrogen) atoms. The summed E-state index contributed by atoms with van der Waals surface area (Å²) in [5, 5.41) is 3.56. The Morgan fingerprint density at radius 2 is 2.21 bits per heavy atom. The lowest BCUT2D eigenvalue weighted by molar-refractivity contribution is 0.140. The van der Waals surface area contributed by atoms with Crippen LogP contribution in [0, 0.1) is 5.41 Å². The molecule has 1 rings (SSSR count). The van der Waals surface area contributed by atoms with E-state index in [1.807, 2.05) is 0 Å². The molecular weight excluding hydrogens is 174 g/mol. The van der Waals surface area contributed by atoms with Crippen molar-refractivity contribution in [3.63, 3.8) is 0 Å². The lowest BCUT2D eigenvalue weighted by Crippen LogP contribution is -2.38. The SMILES string of the molecule is CCCCC1(CNC(C)C)CCOC1. The first-order valence-corrected chi connectivity index (χ1v) is 6.00. The molecule has 1 unspecified atom stereocenters. The lowest BCUT2D eigenvalue weighted by atomic mass is 9.82. The van der Waals surface area contributed by atoms with Gasteiger partial charge in [0.05, 0.1) is 6.61 Å². The average molecular weight is 199 g/mol. The van der Waals surface area contributed by atoms with Gasteiger partial charge in [-0.05, 0) is 12.8 Å². The first-order valence-electron chi connectivity index (χ1n) is 6.00. The molecule has 1 atom stereocenters. The molecule has 0 saturated carbocycles. The van der Waals surface area contributed by atoms with E-state index in [4.69, 9.17) is 4.74 Å². The van der Waals surface area contributed by atoms with E-state index in [2.05, 4.69) is 26.1 Å². The minimum absolute atomic E-state index is 0.445. The molecule has 0 aromatic rings. The van der Waals surface area contributed by atoms with E-state index < -0.39 is 0 Å². The van der Waals surface area contributed by atoms with Gasteiger partial charge in [0.15, 0.2) is 0 Å². The summed E-state index contributed by atoms with van der Waals surface area (Å²) in [5.74, 6) is 0. The zero-order chi connectivity index (χ0) is 10.4. The van der Waals surface area contributed by atoms with Crippen molar-refractivity contribution in [1.29, 1.82) is 0 Å². The largest absolute Gasteiger partial charge is 0.381 e. The average Bonchev–Trinajstić information content (AvgIpc) is 2.61. The maximum atomic E-state index is 5.55. The highest BCUT2D eigenvalue weighted by Crippen LogP contribution is 2.33. The third kappa shape index (κ3) is 3.58. The van der Waals surface area contributed by atoms with Gasteiger partial charge in [-0.3, -0.25) is 0 Å². The van der Waals surface area contributed by atoms with Crippen LogP contribution in [-0.4, -0.2) is 25.8 Å². The summed E-state index contributed by atoms with van der Waals surface area (Å²) in [5.41, 5.74) is 0.445. The maximum absolute atomic E-state index is 5.55. The van der Waals surface area contributed by atoms with Crippen molar-refractivity contribution >= 4 is 0 Å². The van der Waals surface area contributed by atoms with Crippen LogP contribution < -0.4 is 5.32 Å². The number of nitrogens with one attached hydrogen (secondary N) is 1. The van der Waals surface area contributed by atoms with Gasteiger partial charge in [0.2, 0.25) is 0 Å². The molecule has 0 aromatic heterocycles. The predicted molar refractivity (Wildman–Crippen MR) is 60.5 cm³/mol. The summed E-state index contributed by atoms with van der Waals surface area (Å²) >= 11 is 0. The minimum Gasteiger partial charge on any atom is -0.381 e. The Hall–Kier alpha value is -0.0800. The van der Waals surface area contributed by atoms with E-state index in [0.717, 1.165) is 19.8 Å². The molecule has 1 aliphatic rings. The lowest BCUT2D eigenvalue weighted by Gasteiger charge is -2.28. The smallest absolute Gasteiger partial charge is 0.0535 e. The van der Waals surface area contributed by atoms with Gasteiger partial charge >= 0.3 is 0 Å². The van der Waals surface area contributed by atoms with Crippen molar-refractivity contribution in [1.82, 2.24) is 5.32 Å². The second kappa shape index (κ2) is 5.72. The molecule has 2 nitrogen and oxygen atoms in total. The summed E-state index contributed by atoms with van der Waals surface area (Å²) < 4.78 is 5.55. The molecule has 2 heteroatoms. The Morgan fingerprint density at radius 3 is 2.71 bits per heavy atom. The Labute approximate surface area is 88.4 Å². The van der Waals surface area contributed by atoms with Gasteiger partial charge in [-0.15, -0.1) is 0 Å². The zero-order valence-corrected chi connectivity index (χ0v) is 9.94. The van der Waals surface area contributed by atoms with Crippen LogP contribution in [-0.2, 0) is 4.74 Å². The van der Waals surface area contributed by atoms with Crippen LogP contribution in [0.4, 0.5) is 0 Å². The van der Waals surface area contributed by atoms with E-state index in [-0.39, 0.29) is 0 Å². The molecule has 84 valence electrons. The van der Waals surface area contributed by atoms with Gasteiger partial charge in [0, 0.05) is 24.6 Å². The number of unbranched alkanes of at least 4 members (excludes halogenated alkanes) is 1. The molecular formula is C12H25NO. The summed E-state index contributed by atoms with van der Waals surface area (Å²) in [7, 11) is 0. The Balaban J connectivity index is 2.36. The fraction of sp³-hybridized carbons (Fsp3) is 1.00. The quantitative estimate of drug-likeness (QED) is 0.710. The summed E-state index contributed by atoms with van der Waals surface area (Å²) in [6, 6.07) is 0.592. The van der Waals surface area contributed by atoms with Crippen molar-refractivity contribution in [2.45, 2.75) is 52.5 Å². The molecule has 0 amide bonds. The van der Waals surface area contributed by atoms with Crippen molar-refractivity contribution in [2.75, 3.05) is 19.8 Å². The van der Waals surface area contributed by atoms with Crippen LogP contribution in [0.2, 0.25) is 0 Å². The monoisotopic (exact) mass is 199 g/mol. The molecule has 0 aliphatic carbocycles. The summed E-state index contributed by atoms with van der Waals surface area (Å²) in [6.07, 6.45) is 5.20. The van der Waals surface area contributed by atoms with Crippen molar-refractivity contribution < 1.29 is 4.74 Å². The van der Waals surface area contributed by atoms with Gasteiger partial charge in [0.1, 0.15) is 0 Å². The molecule has 0 radical (unpaired) electrons. The number of hydrogen-bond donors (Lipinski definition) is 1. The number of hydrogen-bond acceptors (Lipinski definition) is 2. The molecule has 0 bridgehead atoms. The highest BCUT2D eigenvalue weighted by atomic mass is 16.5. The van der Waals surface area contributed by atoms with Gasteiger partial charge < -0.3 is 10.1 Å². The van der Waals surface area contributed by atoms with E-state index >= 15 is 0 Å². The summed E-state index contributed by atoms with van der Waals surface area (Å²) in [6.45, 7) is 9.74. The first kappa shape index (κ1) is 12.0. The van der Waals surface area contributed by atoms with Crippen LogP contribution in [0.1, 0.15) is 46.5 Å². The van der Waals surface area contributed by atoms with Crippen LogP contribution in [0.15, 0.2) is 0 Å². The number of ether oxygens (including phenoxy) is 1. The Kier molecular flexibility index (Phi) is 4.90. The third-order valence-electron chi connectivity index (χ3n) is 3.13. The fourth-order valence-electron chi connectivity index (χ4n) is 2.05. The zero-order valence-electron chi connectivity index (χ0n) is 9.94. The minimum atomic E-state index is 0.445. The van der Waals surface area contributed by atoms with Crippen molar-refractivity contribution in [3.05, 3.63) is 0 Å². The second-order valence-corrected chi connectivity index (χ2v) is 4.94. The molecule has 1 heterocycles.